The van der Waals surface area contributed by atoms with E-state index in [0.29, 0.717) is 18.4 Å². The molecule has 3 N–H and O–H groups in total. The Kier molecular flexibility index (Phi) is 15.1. The van der Waals surface area contributed by atoms with Crippen molar-refractivity contribution in [3.8, 4) is 0 Å². The zero-order valence-electron chi connectivity index (χ0n) is 24.0. The van der Waals surface area contributed by atoms with Crippen molar-refractivity contribution in [3.63, 3.8) is 0 Å². The number of pyridine rings is 1. The maximum absolute atomic E-state index is 12.5. The highest BCUT2D eigenvalue weighted by atomic mass is 19.4. The zero-order chi connectivity index (χ0) is 35.5. The molecule has 0 saturated carbocycles. The molecule has 3 aliphatic heterocycles. The topological polar surface area (TPSA) is 161 Å². The Balaban J connectivity index is 0.000000413. The molecular formula is C25H31F9N4O8. The summed E-state index contributed by atoms with van der Waals surface area (Å²) in [6.07, 6.45) is -9.55. The van der Waals surface area contributed by atoms with Crippen LogP contribution in [0.25, 0.3) is 0 Å². The molecule has 46 heavy (non-hydrogen) atoms. The smallest absolute Gasteiger partial charge is 0.475 e. The minimum Gasteiger partial charge on any atom is -0.475 e. The van der Waals surface area contributed by atoms with Crippen LogP contribution in [0.2, 0.25) is 0 Å². The fraction of sp³-hybridized carbons (Fsp3) is 0.640. The third kappa shape index (κ3) is 15.0. The molecule has 4 rings (SSSR count). The molecule has 0 aromatic carbocycles. The van der Waals surface area contributed by atoms with E-state index in [1.807, 2.05) is 17.3 Å². The van der Waals surface area contributed by atoms with Crippen LogP contribution in [0.15, 0.2) is 24.5 Å². The van der Waals surface area contributed by atoms with E-state index in [4.69, 9.17) is 34.4 Å². The lowest BCUT2D eigenvalue weighted by molar-refractivity contribution is -0.193. The molecule has 3 aliphatic rings. The third-order valence-corrected chi connectivity index (χ3v) is 6.53. The Morgan fingerprint density at radius 2 is 1.24 bits per heavy atom. The molecule has 4 heterocycles. The van der Waals surface area contributed by atoms with Gasteiger partial charge in [-0.05, 0) is 31.2 Å². The van der Waals surface area contributed by atoms with Gasteiger partial charge >= 0.3 is 36.4 Å². The second-order valence-corrected chi connectivity index (χ2v) is 10.1. The minimum absolute atomic E-state index is 0.116. The lowest BCUT2D eigenvalue weighted by atomic mass is 10.0. The zero-order valence-corrected chi connectivity index (χ0v) is 24.0. The standard InChI is InChI=1S/C19H28N4O2.3C2HF3O2/c1-21-6-8-23(9-7-21)19(24)11-17-10-16-13-22(14-18(16)25-17)12-15-2-4-20-5-3-15;3*3-2(4,5)1(6)7/h2-5,16-18H,6-14H2,1H3;3*(H,6,7)/t16-,17+,18+;;;/m0.../s1. The summed E-state index contributed by atoms with van der Waals surface area (Å²) in [5, 5.41) is 21.4. The Labute approximate surface area is 255 Å². The molecule has 3 fully saturated rings. The summed E-state index contributed by atoms with van der Waals surface area (Å²) in [7, 11) is 2.11. The largest absolute Gasteiger partial charge is 0.490 e. The van der Waals surface area contributed by atoms with Crippen molar-refractivity contribution in [3.05, 3.63) is 30.1 Å². The number of carboxylic acids is 3. The quantitative estimate of drug-likeness (QED) is 0.400. The summed E-state index contributed by atoms with van der Waals surface area (Å²) in [5.41, 5.74) is 1.30. The predicted molar refractivity (Wildman–Crippen MR) is 136 cm³/mol. The van der Waals surface area contributed by atoms with Gasteiger partial charge in [0.2, 0.25) is 5.91 Å². The van der Waals surface area contributed by atoms with E-state index in [-0.39, 0.29) is 12.0 Å². The van der Waals surface area contributed by atoms with E-state index in [1.54, 1.807) is 0 Å². The molecule has 262 valence electrons. The number of fused-ring (bicyclic) bond motifs is 1. The summed E-state index contributed by atoms with van der Waals surface area (Å²) in [6.45, 7) is 6.68. The van der Waals surface area contributed by atoms with Gasteiger partial charge in [-0.25, -0.2) is 14.4 Å². The highest BCUT2D eigenvalue weighted by molar-refractivity contribution is 5.77. The summed E-state index contributed by atoms with van der Waals surface area (Å²) >= 11 is 0. The van der Waals surface area contributed by atoms with Crippen LogP contribution in [0.1, 0.15) is 18.4 Å². The van der Waals surface area contributed by atoms with E-state index < -0.39 is 36.4 Å². The second kappa shape index (κ2) is 17.3. The van der Waals surface area contributed by atoms with Crippen molar-refractivity contribution >= 4 is 23.8 Å². The van der Waals surface area contributed by atoms with E-state index in [9.17, 15) is 44.3 Å². The van der Waals surface area contributed by atoms with E-state index in [0.717, 1.165) is 52.2 Å². The Morgan fingerprint density at radius 1 is 0.804 bits per heavy atom. The summed E-state index contributed by atoms with van der Waals surface area (Å²) in [6, 6.07) is 4.15. The van der Waals surface area contributed by atoms with Gasteiger partial charge in [0.05, 0.1) is 18.6 Å². The third-order valence-electron chi connectivity index (χ3n) is 6.53. The number of carbonyl (C=O) groups excluding carboxylic acids is 1. The Hall–Kier alpha value is -3.72. The number of hydrogen-bond donors (Lipinski definition) is 3. The van der Waals surface area contributed by atoms with Crippen molar-refractivity contribution in [2.45, 2.75) is 50.1 Å². The van der Waals surface area contributed by atoms with Gasteiger partial charge in [0.25, 0.3) is 0 Å². The molecule has 0 radical (unpaired) electrons. The summed E-state index contributed by atoms with van der Waals surface area (Å²) in [4.78, 5) is 50.0. The van der Waals surface area contributed by atoms with E-state index in [1.165, 1.54) is 5.56 Å². The first-order valence-corrected chi connectivity index (χ1v) is 13.1. The van der Waals surface area contributed by atoms with Crippen molar-refractivity contribution in [1.82, 2.24) is 19.7 Å². The van der Waals surface area contributed by atoms with Crippen LogP contribution in [0, 0.1) is 5.92 Å². The van der Waals surface area contributed by atoms with Gasteiger partial charge in [-0.3, -0.25) is 14.7 Å². The minimum atomic E-state index is -5.08. The van der Waals surface area contributed by atoms with Crippen molar-refractivity contribution in [2.75, 3.05) is 46.3 Å². The number of aromatic nitrogens is 1. The SMILES string of the molecule is CN1CCN(C(=O)C[C@H]2C[C@H]3CN(Cc4ccncc4)C[C@H]3O2)CC1.O=C(O)C(F)(F)F.O=C(O)C(F)(F)F.O=C(O)C(F)(F)F. The number of likely N-dealkylation sites (N-methyl/N-ethyl adjacent to an activating group) is 1. The highest BCUT2D eigenvalue weighted by Crippen LogP contribution is 2.35. The van der Waals surface area contributed by atoms with Crippen LogP contribution in [0.5, 0.6) is 0 Å². The Bertz CT molecular complexity index is 1070. The average Bonchev–Trinajstić information content (AvgIpc) is 3.47. The van der Waals surface area contributed by atoms with Crippen LogP contribution >= 0.6 is 0 Å². The first kappa shape index (κ1) is 40.3. The van der Waals surface area contributed by atoms with Crippen LogP contribution in [0.3, 0.4) is 0 Å². The number of ether oxygens (including phenoxy) is 1. The first-order valence-electron chi connectivity index (χ1n) is 13.1. The summed E-state index contributed by atoms with van der Waals surface area (Å²) < 4.78 is 101. The molecule has 3 saturated heterocycles. The van der Waals surface area contributed by atoms with Gasteiger partial charge in [0, 0.05) is 64.1 Å². The number of likely N-dealkylation sites (tertiary alicyclic amines) is 1. The number of alkyl halides is 9. The van der Waals surface area contributed by atoms with Crippen molar-refractivity contribution < 1.29 is 78.7 Å². The second-order valence-electron chi connectivity index (χ2n) is 10.1. The lowest BCUT2D eigenvalue weighted by Gasteiger charge is -2.33. The molecule has 0 spiro atoms. The van der Waals surface area contributed by atoms with Gasteiger partial charge in [0.15, 0.2) is 0 Å². The molecular weight excluding hydrogens is 655 g/mol. The monoisotopic (exact) mass is 686 g/mol. The Morgan fingerprint density at radius 3 is 1.63 bits per heavy atom. The van der Waals surface area contributed by atoms with Gasteiger partial charge in [-0.15, -0.1) is 0 Å². The molecule has 0 unspecified atom stereocenters. The number of hydrogen-bond acceptors (Lipinski definition) is 8. The molecule has 3 atom stereocenters. The highest BCUT2D eigenvalue weighted by Gasteiger charge is 2.43. The van der Waals surface area contributed by atoms with Gasteiger partial charge in [0.1, 0.15) is 0 Å². The maximum Gasteiger partial charge on any atom is 0.490 e. The van der Waals surface area contributed by atoms with E-state index in [2.05, 4.69) is 34.0 Å². The fourth-order valence-electron chi connectivity index (χ4n) is 4.33. The fourth-order valence-corrected chi connectivity index (χ4v) is 4.33. The molecule has 1 amide bonds. The number of piperazine rings is 1. The normalized spacial score (nSPS) is 21.8. The summed E-state index contributed by atoms with van der Waals surface area (Å²) in [5.74, 6) is -7.42. The van der Waals surface area contributed by atoms with Gasteiger partial charge < -0.3 is 29.9 Å². The molecule has 21 heteroatoms. The number of carboxylic acid groups (broad SMARTS) is 3. The number of rotatable bonds is 4. The van der Waals surface area contributed by atoms with Crippen LogP contribution in [-0.4, -0.2) is 136 Å². The van der Waals surface area contributed by atoms with Gasteiger partial charge in [-0.2, -0.15) is 39.5 Å². The van der Waals surface area contributed by atoms with Crippen molar-refractivity contribution in [1.29, 1.82) is 0 Å². The number of halogens is 9. The molecule has 0 bridgehead atoms. The van der Waals surface area contributed by atoms with E-state index >= 15 is 0 Å². The van der Waals surface area contributed by atoms with Gasteiger partial charge in [-0.1, -0.05) is 0 Å². The van der Waals surface area contributed by atoms with Crippen LogP contribution in [0.4, 0.5) is 39.5 Å². The molecule has 12 nitrogen and oxygen atoms in total. The molecule has 1 aromatic heterocycles. The molecule has 0 aliphatic carbocycles. The number of nitrogens with zero attached hydrogens (tertiary/aromatic N) is 4. The van der Waals surface area contributed by atoms with Crippen molar-refractivity contribution in [2.24, 2.45) is 5.92 Å². The maximum atomic E-state index is 12.5. The predicted octanol–water partition coefficient (Wildman–Crippen LogP) is 2.73. The average molecular weight is 687 g/mol. The van der Waals surface area contributed by atoms with Crippen LogP contribution in [-0.2, 0) is 30.5 Å². The number of carbonyl (C=O) groups is 4. The first-order chi connectivity index (χ1) is 21.0. The molecule has 1 aromatic rings. The lowest BCUT2D eigenvalue weighted by Crippen LogP contribution is -2.47. The number of aliphatic carboxylic acids is 3. The van der Waals surface area contributed by atoms with Crippen LogP contribution < -0.4 is 0 Å². The number of amides is 1.